The van der Waals surface area contributed by atoms with Gasteiger partial charge in [0.15, 0.2) is 0 Å². The average Bonchev–Trinajstić information content (AvgIpc) is 2.15. The Hall–Kier alpha value is -1.65. The fraction of sp³-hybridized carbons (Fsp3) is 0.545. The summed E-state index contributed by atoms with van der Waals surface area (Å²) in [6.07, 6.45) is 3.24. The van der Waals surface area contributed by atoms with Crippen molar-refractivity contribution in [2.45, 2.75) is 39.3 Å². The molecule has 0 radical (unpaired) electrons. The highest BCUT2D eigenvalue weighted by Crippen LogP contribution is 2.33. The average molecular weight is 220 g/mol. The van der Waals surface area contributed by atoms with Crippen LogP contribution in [0.25, 0.3) is 0 Å². The maximum atomic E-state index is 12.0. The highest BCUT2D eigenvalue weighted by Gasteiger charge is 2.38. The number of amides is 2. The first-order valence-electron chi connectivity index (χ1n) is 5.35. The van der Waals surface area contributed by atoms with Crippen LogP contribution in [0.5, 0.6) is 0 Å². The molecule has 1 N–H and O–H groups in total. The number of nitrogens with zero attached hydrogens (tertiary/aromatic N) is 3. The Morgan fingerprint density at radius 3 is 2.75 bits per heavy atom. The van der Waals surface area contributed by atoms with Crippen LogP contribution in [0.15, 0.2) is 12.5 Å². The number of fused-ring (bicyclic) bond motifs is 1. The van der Waals surface area contributed by atoms with E-state index in [1.54, 1.807) is 11.1 Å². The second-order valence-electron chi connectivity index (χ2n) is 4.78. The predicted octanol–water partition coefficient (Wildman–Crippen LogP) is 1.65. The molecule has 0 bridgehead atoms. The van der Waals surface area contributed by atoms with Gasteiger partial charge < -0.3 is 5.32 Å². The fourth-order valence-corrected chi connectivity index (χ4v) is 1.93. The van der Waals surface area contributed by atoms with Gasteiger partial charge in [0, 0.05) is 17.8 Å². The maximum Gasteiger partial charge on any atom is 0.323 e. The van der Waals surface area contributed by atoms with Gasteiger partial charge in [-0.2, -0.15) is 0 Å². The van der Waals surface area contributed by atoms with Crippen LogP contribution in [-0.2, 0) is 5.54 Å². The number of nitrogens with one attached hydrogen (secondary N) is 1. The van der Waals surface area contributed by atoms with Gasteiger partial charge in [-0.1, -0.05) is 0 Å². The molecule has 2 amide bonds. The van der Waals surface area contributed by atoms with E-state index in [0.29, 0.717) is 5.82 Å². The number of hydrogen-bond donors (Lipinski definition) is 1. The van der Waals surface area contributed by atoms with Gasteiger partial charge in [-0.15, -0.1) is 0 Å². The third-order valence-electron chi connectivity index (χ3n) is 2.75. The number of hydrogen-bond acceptors (Lipinski definition) is 3. The summed E-state index contributed by atoms with van der Waals surface area (Å²) in [4.78, 5) is 21.9. The van der Waals surface area contributed by atoms with E-state index >= 15 is 0 Å². The minimum Gasteiger partial charge on any atom is -0.328 e. The summed E-state index contributed by atoms with van der Waals surface area (Å²) in [6.45, 7) is 7.82. The van der Waals surface area contributed by atoms with Crippen LogP contribution in [0.4, 0.5) is 10.6 Å². The lowest BCUT2D eigenvalue weighted by atomic mass is 9.93. The van der Waals surface area contributed by atoms with E-state index in [1.807, 2.05) is 27.7 Å². The number of urea groups is 1. The SMILES string of the molecule is CC(C)N1C(=O)NC(C)(C)c2cncnc21. The molecule has 0 atom stereocenters. The predicted molar refractivity (Wildman–Crippen MR) is 61.2 cm³/mol. The zero-order chi connectivity index (χ0) is 11.9. The summed E-state index contributed by atoms with van der Waals surface area (Å²) >= 11 is 0. The van der Waals surface area contributed by atoms with Gasteiger partial charge in [-0.05, 0) is 27.7 Å². The maximum absolute atomic E-state index is 12.0. The molecular weight excluding hydrogens is 204 g/mol. The van der Waals surface area contributed by atoms with Crippen LogP contribution in [0.1, 0.15) is 33.3 Å². The first kappa shape index (κ1) is 10.9. The Bertz CT molecular complexity index is 428. The molecule has 0 saturated carbocycles. The number of carbonyl (C=O) groups excluding carboxylic acids is 1. The molecule has 1 aliphatic heterocycles. The summed E-state index contributed by atoms with van der Waals surface area (Å²) in [6, 6.07) is -0.0315. The van der Waals surface area contributed by atoms with Crippen molar-refractivity contribution < 1.29 is 4.79 Å². The Labute approximate surface area is 94.9 Å². The zero-order valence-electron chi connectivity index (χ0n) is 9.98. The van der Waals surface area contributed by atoms with Crippen LogP contribution in [0.2, 0.25) is 0 Å². The molecule has 2 rings (SSSR count). The molecule has 1 aromatic heterocycles. The van der Waals surface area contributed by atoms with Crippen molar-refractivity contribution >= 4 is 11.8 Å². The molecule has 86 valence electrons. The van der Waals surface area contributed by atoms with Crippen LogP contribution in [0, 0.1) is 0 Å². The van der Waals surface area contributed by atoms with Crippen molar-refractivity contribution in [3.05, 3.63) is 18.1 Å². The monoisotopic (exact) mass is 220 g/mol. The minimum absolute atomic E-state index is 0.0738. The minimum atomic E-state index is -0.418. The molecule has 0 saturated heterocycles. The molecule has 2 heterocycles. The summed E-state index contributed by atoms with van der Waals surface area (Å²) in [5.74, 6) is 0.707. The van der Waals surface area contributed by atoms with E-state index in [0.717, 1.165) is 5.56 Å². The van der Waals surface area contributed by atoms with E-state index in [1.165, 1.54) is 6.33 Å². The lowest BCUT2D eigenvalue weighted by Crippen LogP contribution is -2.56. The van der Waals surface area contributed by atoms with Gasteiger partial charge in [0.1, 0.15) is 12.1 Å². The van der Waals surface area contributed by atoms with Crippen molar-refractivity contribution in [3.63, 3.8) is 0 Å². The number of carbonyl (C=O) groups is 1. The molecule has 16 heavy (non-hydrogen) atoms. The summed E-state index contributed by atoms with van der Waals surface area (Å²) in [5.41, 5.74) is 0.530. The Kier molecular flexibility index (Phi) is 2.33. The molecule has 5 nitrogen and oxygen atoms in total. The molecule has 0 aromatic carbocycles. The van der Waals surface area contributed by atoms with Crippen molar-refractivity contribution in [2.24, 2.45) is 0 Å². The van der Waals surface area contributed by atoms with Gasteiger partial charge >= 0.3 is 6.03 Å². The first-order valence-corrected chi connectivity index (χ1v) is 5.35. The van der Waals surface area contributed by atoms with Gasteiger partial charge in [0.05, 0.1) is 5.54 Å². The molecule has 0 fully saturated rings. The normalized spacial score (nSPS) is 18.3. The lowest BCUT2D eigenvalue weighted by molar-refractivity contribution is 0.230. The Balaban J connectivity index is 2.59. The van der Waals surface area contributed by atoms with Gasteiger partial charge in [0.2, 0.25) is 0 Å². The largest absolute Gasteiger partial charge is 0.328 e. The van der Waals surface area contributed by atoms with E-state index in [-0.39, 0.29) is 12.1 Å². The van der Waals surface area contributed by atoms with Crippen LogP contribution >= 0.6 is 0 Å². The van der Waals surface area contributed by atoms with Crippen molar-refractivity contribution in [3.8, 4) is 0 Å². The van der Waals surface area contributed by atoms with E-state index < -0.39 is 5.54 Å². The summed E-state index contributed by atoms with van der Waals surface area (Å²) in [7, 11) is 0. The highest BCUT2D eigenvalue weighted by atomic mass is 16.2. The first-order chi connectivity index (χ1) is 7.43. The van der Waals surface area contributed by atoms with Crippen LogP contribution < -0.4 is 10.2 Å². The third-order valence-corrected chi connectivity index (χ3v) is 2.75. The lowest BCUT2D eigenvalue weighted by Gasteiger charge is -2.40. The molecule has 0 unspecified atom stereocenters. The third kappa shape index (κ3) is 1.52. The summed E-state index contributed by atoms with van der Waals surface area (Å²) in [5, 5.41) is 2.95. The molecule has 0 spiro atoms. The smallest absolute Gasteiger partial charge is 0.323 e. The number of aromatic nitrogens is 2. The van der Waals surface area contributed by atoms with E-state index in [4.69, 9.17) is 0 Å². The van der Waals surface area contributed by atoms with E-state index in [9.17, 15) is 4.79 Å². The Morgan fingerprint density at radius 2 is 2.12 bits per heavy atom. The second kappa shape index (κ2) is 3.43. The van der Waals surface area contributed by atoms with Gasteiger partial charge in [-0.3, -0.25) is 4.90 Å². The molecular formula is C11H16N4O. The molecule has 0 aliphatic carbocycles. The topological polar surface area (TPSA) is 58.1 Å². The van der Waals surface area contributed by atoms with Gasteiger partial charge in [-0.25, -0.2) is 14.8 Å². The van der Waals surface area contributed by atoms with Crippen molar-refractivity contribution in [1.82, 2.24) is 15.3 Å². The number of anilines is 1. The van der Waals surface area contributed by atoms with Crippen molar-refractivity contribution in [2.75, 3.05) is 4.90 Å². The number of rotatable bonds is 1. The fourth-order valence-electron chi connectivity index (χ4n) is 1.93. The van der Waals surface area contributed by atoms with Crippen LogP contribution in [-0.4, -0.2) is 22.0 Å². The quantitative estimate of drug-likeness (QED) is 0.782. The summed E-state index contributed by atoms with van der Waals surface area (Å²) < 4.78 is 0. The molecule has 1 aliphatic rings. The molecule has 1 aromatic rings. The van der Waals surface area contributed by atoms with Gasteiger partial charge in [0.25, 0.3) is 0 Å². The second-order valence-corrected chi connectivity index (χ2v) is 4.78. The van der Waals surface area contributed by atoms with Crippen molar-refractivity contribution in [1.29, 1.82) is 0 Å². The van der Waals surface area contributed by atoms with E-state index in [2.05, 4.69) is 15.3 Å². The zero-order valence-corrected chi connectivity index (χ0v) is 9.98. The molecule has 5 heteroatoms. The van der Waals surface area contributed by atoms with Crippen LogP contribution in [0.3, 0.4) is 0 Å². The Morgan fingerprint density at radius 1 is 1.44 bits per heavy atom. The highest BCUT2D eigenvalue weighted by molar-refractivity contribution is 5.95. The standard InChI is InChI=1S/C11H16N4O/c1-7(2)15-9-8(5-12-6-13-9)11(3,4)14-10(15)16/h5-7H,1-4H3,(H,14,16).